The van der Waals surface area contributed by atoms with Gasteiger partial charge < -0.3 is 10.8 Å². The fourth-order valence-electron chi connectivity index (χ4n) is 1.89. The number of hydrogen-bond acceptors (Lipinski definition) is 2. The van der Waals surface area contributed by atoms with Crippen molar-refractivity contribution in [1.82, 2.24) is 0 Å². The van der Waals surface area contributed by atoms with Gasteiger partial charge in [-0.3, -0.25) is 0 Å². The van der Waals surface area contributed by atoms with Gasteiger partial charge in [0.2, 0.25) is 0 Å². The molecule has 0 fully saturated rings. The number of aryl methyl sites for hydroxylation is 1. The van der Waals surface area contributed by atoms with E-state index in [1.807, 2.05) is 36.4 Å². The van der Waals surface area contributed by atoms with E-state index in [4.69, 9.17) is 5.73 Å². The molecule has 0 heterocycles. The maximum atomic E-state index is 9.55. The molecule has 0 amide bonds. The third kappa shape index (κ3) is 8.26. The summed E-state index contributed by atoms with van der Waals surface area (Å²) in [6.07, 6.45) is 10.2. The Hall–Kier alpha value is -2.08. The van der Waals surface area contributed by atoms with Crippen molar-refractivity contribution < 1.29 is 5.11 Å². The van der Waals surface area contributed by atoms with Crippen molar-refractivity contribution in [3.05, 3.63) is 72.4 Å². The molecule has 2 heteroatoms. The third-order valence-corrected chi connectivity index (χ3v) is 3.15. The number of nitrogens with two attached hydrogens (primary N) is 1. The van der Waals surface area contributed by atoms with Crippen LogP contribution in [0.5, 0.6) is 0 Å². The average Bonchev–Trinajstić information content (AvgIpc) is 2.54. The Morgan fingerprint density at radius 1 is 1.32 bits per heavy atom. The second-order valence-corrected chi connectivity index (χ2v) is 5.01. The van der Waals surface area contributed by atoms with Crippen molar-refractivity contribution in [2.24, 2.45) is 5.73 Å². The van der Waals surface area contributed by atoms with Gasteiger partial charge >= 0.3 is 0 Å². The first-order valence-electron chi connectivity index (χ1n) is 7.66. The molecule has 1 rings (SSSR count). The highest BCUT2D eigenvalue weighted by atomic mass is 16.3. The van der Waals surface area contributed by atoms with Crippen molar-refractivity contribution in [1.29, 1.82) is 0 Å². The van der Waals surface area contributed by atoms with Crippen LogP contribution in [0.1, 0.15) is 24.8 Å². The minimum atomic E-state index is -0.362. The summed E-state index contributed by atoms with van der Waals surface area (Å²) in [5, 5.41) is 9.55. The summed E-state index contributed by atoms with van der Waals surface area (Å²) in [7, 11) is 0. The summed E-state index contributed by atoms with van der Waals surface area (Å²) >= 11 is 0. The Labute approximate surface area is 134 Å². The van der Waals surface area contributed by atoms with E-state index in [2.05, 4.69) is 30.6 Å². The molecule has 0 radical (unpaired) electrons. The Balaban J connectivity index is 2.41. The number of benzene rings is 1. The molecule has 0 bridgehead atoms. The highest BCUT2D eigenvalue weighted by Gasteiger charge is 1.97. The Bertz CT molecular complexity index is 546. The molecule has 116 valence electrons. The van der Waals surface area contributed by atoms with Crippen molar-refractivity contribution in [2.45, 2.75) is 31.8 Å². The molecule has 0 saturated carbocycles. The zero-order valence-corrected chi connectivity index (χ0v) is 13.0. The summed E-state index contributed by atoms with van der Waals surface area (Å²) in [5.41, 5.74) is 7.57. The average molecular weight is 295 g/mol. The zero-order valence-electron chi connectivity index (χ0n) is 13.0. The lowest BCUT2D eigenvalue weighted by atomic mass is 10.1. The molecule has 2 nitrogen and oxygen atoms in total. The first-order valence-corrected chi connectivity index (χ1v) is 7.66. The summed E-state index contributed by atoms with van der Waals surface area (Å²) in [5.74, 6) is 6.28. The number of allylic oxidation sites excluding steroid dienone is 4. The van der Waals surface area contributed by atoms with Gasteiger partial charge in [-0.1, -0.05) is 67.0 Å². The molecule has 0 spiro atoms. The topological polar surface area (TPSA) is 46.2 Å². The number of aliphatic hydroxyl groups is 1. The van der Waals surface area contributed by atoms with E-state index in [1.54, 1.807) is 6.08 Å². The Kier molecular flexibility index (Phi) is 9.45. The highest BCUT2D eigenvalue weighted by Crippen LogP contribution is 2.02. The summed E-state index contributed by atoms with van der Waals surface area (Å²) < 4.78 is 0. The van der Waals surface area contributed by atoms with Crippen molar-refractivity contribution >= 4 is 0 Å². The first-order chi connectivity index (χ1) is 10.8. The maximum Gasteiger partial charge on any atom is 0.0586 e. The Morgan fingerprint density at radius 2 is 2.09 bits per heavy atom. The van der Waals surface area contributed by atoms with Crippen LogP contribution in [0.15, 0.2) is 66.8 Å². The molecule has 1 unspecified atom stereocenters. The molecule has 0 aromatic heterocycles. The van der Waals surface area contributed by atoms with Crippen molar-refractivity contribution in [3.63, 3.8) is 0 Å². The predicted molar refractivity (Wildman–Crippen MR) is 94.3 cm³/mol. The van der Waals surface area contributed by atoms with E-state index in [-0.39, 0.29) is 6.10 Å². The van der Waals surface area contributed by atoms with Gasteiger partial charge in [-0.05, 0) is 37.4 Å². The van der Waals surface area contributed by atoms with Crippen molar-refractivity contribution in [3.8, 4) is 11.8 Å². The van der Waals surface area contributed by atoms with Gasteiger partial charge in [-0.25, -0.2) is 0 Å². The van der Waals surface area contributed by atoms with E-state index in [0.717, 1.165) is 18.4 Å². The fraction of sp³-hybridized carbons (Fsp3) is 0.300. The second-order valence-electron chi connectivity index (χ2n) is 5.01. The zero-order chi connectivity index (χ0) is 16.0. The highest BCUT2D eigenvalue weighted by molar-refractivity contribution is 5.39. The smallest absolute Gasteiger partial charge is 0.0586 e. The normalized spacial score (nSPS) is 12.7. The van der Waals surface area contributed by atoms with E-state index in [1.165, 1.54) is 5.56 Å². The largest absolute Gasteiger partial charge is 0.393 e. The molecule has 3 N–H and O–H groups in total. The van der Waals surface area contributed by atoms with Crippen LogP contribution < -0.4 is 5.73 Å². The van der Waals surface area contributed by atoms with Gasteiger partial charge in [0.25, 0.3) is 0 Å². The minimum absolute atomic E-state index is 0.362. The molecule has 1 aromatic carbocycles. The van der Waals surface area contributed by atoms with Crippen LogP contribution in [-0.2, 0) is 6.42 Å². The van der Waals surface area contributed by atoms with Crippen LogP contribution in [0.4, 0.5) is 0 Å². The maximum absolute atomic E-state index is 9.55. The van der Waals surface area contributed by atoms with Gasteiger partial charge in [-0.15, -0.1) is 0 Å². The monoisotopic (exact) mass is 295 g/mol. The molecule has 1 aromatic rings. The molecule has 0 aliphatic carbocycles. The Morgan fingerprint density at radius 3 is 2.77 bits per heavy atom. The second kappa shape index (κ2) is 11.6. The molecular formula is C20H25NO. The van der Waals surface area contributed by atoms with Crippen LogP contribution in [0.3, 0.4) is 0 Å². The van der Waals surface area contributed by atoms with E-state index in [9.17, 15) is 5.11 Å². The number of rotatable bonds is 8. The van der Waals surface area contributed by atoms with Crippen LogP contribution in [-0.4, -0.2) is 17.8 Å². The van der Waals surface area contributed by atoms with Crippen LogP contribution in [0, 0.1) is 11.8 Å². The van der Waals surface area contributed by atoms with Crippen LogP contribution >= 0.6 is 0 Å². The predicted octanol–water partition coefficient (Wildman–Crippen LogP) is 3.39. The SMILES string of the molecule is C=C/C(C#CCCc1ccccc1)=C\C=C/CC(O)CCN. The lowest BCUT2D eigenvalue weighted by molar-refractivity contribution is 0.170. The first kappa shape index (κ1) is 18.0. The van der Waals surface area contributed by atoms with Gasteiger partial charge in [0, 0.05) is 12.0 Å². The lowest BCUT2D eigenvalue weighted by Crippen LogP contribution is -2.11. The van der Waals surface area contributed by atoms with E-state index in [0.29, 0.717) is 19.4 Å². The molecule has 0 aliphatic rings. The minimum Gasteiger partial charge on any atom is -0.393 e. The molecule has 1 atom stereocenters. The van der Waals surface area contributed by atoms with Crippen molar-refractivity contribution in [2.75, 3.05) is 6.54 Å². The standard InChI is InChI=1S/C20H25NO/c1-2-18(11-8-9-15-20(22)16-17-21)10-6-7-14-19-12-4-3-5-13-19/h2-5,8-9,11-13,20,22H,1,7,14-17,21H2/b9-8-,18-11+. The van der Waals surface area contributed by atoms with Gasteiger partial charge in [0.15, 0.2) is 0 Å². The van der Waals surface area contributed by atoms with Crippen LogP contribution in [0.25, 0.3) is 0 Å². The molecule has 0 saturated heterocycles. The lowest BCUT2D eigenvalue weighted by Gasteiger charge is -2.03. The molecular weight excluding hydrogens is 270 g/mol. The third-order valence-electron chi connectivity index (χ3n) is 3.15. The van der Waals surface area contributed by atoms with Gasteiger partial charge in [0.05, 0.1) is 6.10 Å². The summed E-state index contributed by atoms with van der Waals surface area (Å²) in [4.78, 5) is 0. The quantitative estimate of drug-likeness (QED) is 0.570. The van der Waals surface area contributed by atoms with Crippen LogP contribution in [0.2, 0.25) is 0 Å². The molecule has 22 heavy (non-hydrogen) atoms. The number of hydrogen-bond donors (Lipinski definition) is 2. The fourth-order valence-corrected chi connectivity index (χ4v) is 1.89. The summed E-state index contributed by atoms with van der Waals surface area (Å²) in [6.45, 7) is 4.28. The van der Waals surface area contributed by atoms with E-state index < -0.39 is 0 Å². The molecule has 0 aliphatic heterocycles. The van der Waals surface area contributed by atoms with Gasteiger partial charge in [0.1, 0.15) is 0 Å². The summed E-state index contributed by atoms with van der Waals surface area (Å²) in [6, 6.07) is 10.3. The number of aliphatic hydroxyl groups excluding tert-OH is 1. The van der Waals surface area contributed by atoms with E-state index >= 15 is 0 Å². The van der Waals surface area contributed by atoms with Gasteiger partial charge in [-0.2, -0.15) is 0 Å².